The molecule has 0 bridgehead atoms. The molecule has 0 spiro atoms. The minimum absolute atomic E-state index is 0.532. The van der Waals surface area contributed by atoms with Crippen molar-refractivity contribution in [2.24, 2.45) is 4.99 Å². The van der Waals surface area contributed by atoms with E-state index in [1.165, 1.54) is 0 Å². The number of hydrogen-bond donors (Lipinski definition) is 2. The number of benzene rings is 2. The van der Waals surface area contributed by atoms with Crippen LogP contribution in [-0.4, -0.2) is 31.6 Å². The fraction of sp³-hybridized carbons (Fsp3) is 0.238. The Morgan fingerprint density at radius 1 is 1.07 bits per heavy atom. The van der Waals surface area contributed by atoms with Gasteiger partial charge in [-0.05, 0) is 30.2 Å². The number of rotatable bonds is 7. The van der Waals surface area contributed by atoms with Crippen molar-refractivity contribution in [2.75, 3.05) is 20.7 Å². The molecule has 6 nitrogen and oxygen atoms in total. The van der Waals surface area contributed by atoms with Gasteiger partial charge in [0.05, 0.1) is 19.3 Å². The van der Waals surface area contributed by atoms with Crippen LogP contribution in [0.2, 0.25) is 0 Å². The van der Waals surface area contributed by atoms with E-state index in [9.17, 15) is 0 Å². The molecule has 0 saturated heterocycles. The number of nitrogens with zero attached hydrogens (tertiary/aromatic N) is 2. The minimum Gasteiger partial charge on any atom is -0.496 e. The monoisotopic (exact) mass is 364 g/mol. The van der Waals surface area contributed by atoms with E-state index in [-0.39, 0.29) is 0 Å². The number of para-hydroxylation sites is 1. The Morgan fingerprint density at radius 2 is 1.85 bits per heavy atom. The van der Waals surface area contributed by atoms with Gasteiger partial charge in [0.1, 0.15) is 12.0 Å². The summed E-state index contributed by atoms with van der Waals surface area (Å²) < 4.78 is 10.9. The summed E-state index contributed by atoms with van der Waals surface area (Å²) in [6.07, 6.45) is 2.50. The average molecular weight is 364 g/mol. The highest BCUT2D eigenvalue weighted by molar-refractivity contribution is 5.79. The van der Waals surface area contributed by atoms with Gasteiger partial charge in [-0.2, -0.15) is 0 Å². The predicted octanol–water partition coefficient (Wildman–Crippen LogP) is 3.26. The summed E-state index contributed by atoms with van der Waals surface area (Å²) in [5.74, 6) is 2.24. The van der Waals surface area contributed by atoms with E-state index >= 15 is 0 Å². The molecule has 2 N–H and O–H groups in total. The van der Waals surface area contributed by atoms with Crippen LogP contribution in [0.3, 0.4) is 0 Å². The van der Waals surface area contributed by atoms with Gasteiger partial charge >= 0.3 is 0 Å². The molecule has 0 radical (unpaired) electrons. The number of aromatic nitrogens is 1. The molecule has 3 rings (SSSR count). The Hall–Kier alpha value is -3.28. The largest absolute Gasteiger partial charge is 0.496 e. The second-order valence-electron chi connectivity index (χ2n) is 5.92. The highest BCUT2D eigenvalue weighted by Crippen LogP contribution is 2.18. The zero-order valence-corrected chi connectivity index (χ0v) is 15.6. The highest BCUT2D eigenvalue weighted by Gasteiger charge is 2.07. The summed E-state index contributed by atoms with van der Waals surface area (Å²) in [7, 11) is 3.44. The lowest BCUT2D eigenvalue weighted by Gasteiger charge is -2.12. The summed E-state index contributed by atoms with van der Waals surface area (Å²) in [5, 5.41) is 6.55. The Kier molecular flexibility index (Phi) is 6.46. The first-order valence-electron chi connectivity index (χ1n) is 8.86. The van der Waals surface area contributed by atoms with Crippen LogP contribution in [0.4, 0.5) is 0 Å². The molecule has 0 aliphatic rings. The number of aliphatic imine (C=N–C) groups is 1. The van der Waals surface area contributed by atoms with Crippen LogP contribution in [0, 0.1) is 0 Å². The normalized spacial score (nSPS) is 11.3. The van der Waals surface area contributed by atoms with Crippen LogP contribution in [0.5, 0.6) is 5.75 Å². The first-order valence-corrected chi connectivity index (χ1v) is 8.86. The zero-order valence-electron chi connectivity index (χ0n) is 15.6. The van der Waals surface area contributed by atoms with Crippen molar-refractivity contribution >= 4 is 5.96 Å². The van der Waals surface area contributed by atoms with Crippen LogP contribution in [0.1, 0.15) is 11.3 Å². The minimum atomic E-state index is 0.532. The Labute approximate surface area is 159 Å². The van der Waals surface area contributed by atoms with E-state index in [4.69, 9.17) is 9.15 Å². The van der Waals surface area contributed by atoms with E-state index < -0.39 is 0 Å². The lowest BCUT2D eigenvalue weighted by molar-refractivity contribution is 0.409. The topological polar surface area (TPSA) is 71.7 Å². The van der Waals surface area contributed by atoms with Crippen molar-refractivity contribution in [3.63, 3.8) is 0 Å². The molecule has 3 aromatic rings. The summed E-state index contributed by atoms with van der Waals surface area (Å²) in [5.41, 5.74) is 2.94. The van der Waals surface area contributed by atoms with Gasteiger partial charge < -0.3 is 19.8 Å². The Morgan fingerprint density at radius 3 is 2.63 bits per heavy atom. The molecule has 140 valence electrons. The van der Waals surface area contributed by atoms with Gasteiger partial charge in [-0.25, -0.2) is 4.98 Å². The summed E-state index contributed by atoms with van der Waals surface area (Å²) >= 11 is 0. The number of ether oxygens (including phenoxy) is 1. The smallest absolute Gasteiger partial charge is 0.226 e. The summed E-state index contributed by atoms with van der Waals surface area (Å²) in [4.78, 5) is 8.76. The number of methoxy groups -OCH3 is 1. The van der Waals surface area contributed by atoms with Gasteiger partial charge in [-0.3, -0.25) is 4.99 Å². The van der Waals surface area contributed by atoms with Crippen molar-refractivity contribution in [1.29, 1.82) is 0 Å². The van der Waals surface area contributed by atoms with Gasteiger partial charge in [0, 0.05) is 19.2 Å². The van der Waals surface area contributed by atoms with Crippen molar-refractivity contribution in [2.45, 2.75) is 13.0 Å². The molecule has 0 unspecified atom stereocenters. The number of guanidine groups is 1. The predicted molar refractivity (Wildman–Crippen MR) is 107 cm³/mol. The van der Waals surface area contributed by atoms with Crippen LogP contribution < -0.4 is 15.4 Å². The van der Waals surface area contributed by atoms with E-state index in [2.05, 4.69) is 26.7 Å². The molecule has 0 saturated carbocycles. The first-order chi connectivity index (χ1) is 13.3. The van der Waals surface area contributed by atoms with Crippen LogP contribution in [0.25, 0.3) is 11.5 Å². The molecule has 0 amide bonds. The summed E-state index contributed by atoms with van der Waals surface area (Å²) in [6, 6.07) is 17.9. The number of nitrogens with one attached hydrogen (secondary N) is 2. The van der Waals surface area contributed by atoms with Gasteiger partial charge in [0.25, 0.3) is 0 Å². The fourth-order valence-corrected chi connectivity index (χ4v) is 2.72. The molecule has 0 aliphatic heterocycles. The first kappa shape index (κ1) is 18.5. The molecule has 1 heterocycles. The molecule has 0 atom stereocenters. The average Bonchev–Trinajstić information content (AvgIpc) is 3.20. The highest BCUT2D eigenvalue weighted by atomic mass is 16.5. The van der Waals surface area contributed by atoms with E-state index in [0.717, 1.165) is 35.5 Å². The van der Waals surface area contributed by atoms with Crippen molar-refractivity contribution in [1.82, 2.24) is 15.6 Å². The van der Waals surface area contributed by atoms with Crippen LogP contribution in [0.15, 0.2) is 70.3 Å². The molecule has 6 heteroatoms. The SMILES string of the molecule is CN=C(NCCc1ccccc1OC)NCc1coc(-c2ccccc2)n1. The van der Waals surface area contributed by atoms with Gasteiger partial charge in [0.2, 0.25) is 5.89 Å². The quantitative estimate of drug-likeness (QED) is 0.497. The van der Waals surface area contributed by atoms with Gasteiger partial charge in [0.15, 0.2) is 5.96 Å². The fourth-order valence-electron chi connectivity index (χ4n) is 2.72. The van der Waals surface area contributed by atoms with E-state index in [1.54, 1.807) is 20.4 Å². The molecular weight excluding hydrogens is 340 g/mol. The Bertz CT molecular complexity index is 875. The van der Waals surface area contributed by atoms with Crippen LogP contribution >= 0.6 is 0 Å². The second kappa shape index (κ2) is 9.43. The molecule has 0 fully saturated rings. The lowest BCUT2D eigenvalue weighted by Crippen LogP contribution is -2.37. The van der Waals surface area contributed by atoms with Crippen LogP contribution in [-0.2, 0) is 13.0 Å². The molecule has 0 aliphatic carbocycles. The number of hydrogen-bond acceptors (Lipinski definition) is 4. The standard InChI is InChI=1S/C21H24N4O2/c1-22-21(23-13-12-16-8-6-7-11-19(16)26-2)24-14-18-15-27-20(25-18)17-9-4-3-5-10-17/h3-11,15H,12-14H2,1-2H3,(H2,22,23,24). The third-order valence-electron chi connectivity index (χ3n) is 4.11. The molecule has 2 aromatic carbocycles. The van der Waals surface area contributed by atoms with Crippen molar-refractivity contribution in [3.05, 3.63) is 72.1 Å². The van der Waals surface area contributed by atoms with Crippen molar-refractivity contribution in [3.8, 4) is 17.2 Å². The van der Waals surface area contributed by atoms with E-state index in [0.29, 0.717) is 18.4 Å². The number of oxazole rings is 1. The molecular formula is C21H24N4O2. The summed E-state index contributed by atoms with van der Waals surface area (Å²) in [6.45, 7) is 1.28. The van der Waals surface area contributed by atoms with Crippen molar-refractivity contribution < 1.29 is 9.15 Å². The van der Waals surface area contributed by atoms with E-state index in [1.807, 2.05) is 48.5 Å². The lowest BCUT2D eigenvalue weighted by atomic mass is 10.1. The third kappa shape index (κ3) is 5.10. The molecule has 1 aromatic heterocycles. The maximum Gasteiger partial charge on any atom is 0.226 e. The van der Waals surface area contributed by atoms with Gasteiger partial charge in [-0.15, -0.1) is 0 Å². The zero-order chi connectivity index (χ0) is 18.9. The maximum atomic E-state index is 5.56. The van der Waals surface area contributed by atoms with Gasteiger partial charge in [-0.1, -0.05) is 36.4 Å². The Balaban J connectivity index is 1.49. The molecule has 27 heavy (non-hydrogen) atoms. The maximum absolute atomic E-state index is 5.56. The second-order valence-corrected chi connectivity index (χ2v) is 5.92. The third-order valence-corrected chi connectivity index (χ3v) is 4.11.